The quantitative estimate of drug-likeness (QED) is 0.568. The molecule has 136 valence electrons. The van der Waals surface area contributed by atoms with E-state index in [9.17, 15) is 18.8 Å². The predicted molar refractivity (Wildman–Crippen MR) is 80.8 cm³/mol. The summed E-state index contributed by atoms with van der Waals surface area (Å²) in [4.78, 5) is 34.5. The lowest BCUT2D eigenvalue weighted by atomic mass is 10.5. The van der Waals surface area contributed by atoms with Crippen LogP contribution in [-0.2, 0) is 27.2 Å². The number of thioether (sulfide) groups is 1. The molecule has 4 atom stereocenters. The first-order valence-corrected chi connectivity index (χ1v) is 10.3. The number of phosphoric ester groups is 1. The van der Waals surface area contributed by atoms with Crippen molar-refractivity contribution in [3.63, 3.8) is 0 Å². The van der Waals surface area contributed by atoms with Crippen LogP contribution in [0.3, 0.4) is 0 Å². The number of anilines is 1. The minimum Gasteiger partial charge on any atom is -0.756 e. The van der Waals surface area contributed by atoms with Crippen LogP contribution in [0.2, 0.25) is 0 Å². The Morgan fingerprint density at radius 1 is 1.62 bits per heavy atom. The van der Waals surface area contributed by atoms with Crippen molar-refractivity contribution in [2.75, 3.05) is 25.2 Å². The Morgan fingerprint density at radius 3 is 2.92 bits per heavy atom. The normalized spacial score (nSPS) is 26.0. The predicted octanol–water partition coefficient (Wildman–Crippen LogP) is -0.338. The van der Waals surface area contributed by atoms with E-state index in [1.165, 1.54) is 28.6 Å². The lowest BCUT2D eigenvalue weighted by Gasteiger charge is -2.22. The van der Waals surface area contributed by atoms with Crippen molar-refractivity contribution in [2.45, 2.75) is 11.7 Å². The number of hydrogen-bond donors (Lipinski definition) is 2. The van der Waals surface area contributed by atoms with Gasteiger partial charge in [-0.3, -0.25) is 18.2 Å². The van der Waals surface area contributed by atoms with Gasteiger partial charge in [-0.1, -0.05) is 0 Å². The number of phosphoric acid groups is 2. The smallest absolute Gasteiger partial charge is 0.481 e. The highest BCUT2D eigenvalue weighted by Gasteiger charge is 2.34. The van der Waals surface area contributed by atoms with E-state index in [-0.39, 0.29) is 12.4 Å². The van der Waals surface area contributed by atoms with Gasteiger partial charge in [-0.25, -0.2) is 13.7 Å². The third-order valence-electron chi connectivity index (χ3n) is 2.69. The van der Waals surface area contributed by atoms with Crippen LogP contribution in [0.4, 0.5) is 5.82 Å². The summed E-state index contributed by atoms with van der Waals surface area (Å²) in [6.45, 7) is -0.372. The number of aromatic nitrogens is 2. The highest BCUT2D eigenvalue weighted by atomic mass is 32.2. The van der Waals surface area contributed by atoms with Gasteiger partial charge in [0, 0.05) is 19.1 Å². The summed E-state index contributed by atoms with van der Waals surface area (Å²) in [5.74, 6) is 0.434. The summed E-state index contributed by atoms with van der Waals surface area (Å²) in [6.07, 6.45) is 0.761. The molecule has 1 aromatic rings. The molecule has 3 N–H and O–H groups in total. The standard InChI is InChI=1S/C9H15N3O9P2S/c1-18-23(17,21-22(14,15)16)19-4-8-20-7(5-24-8)12-3-2-6(10)11-9(12)13/h2-3,7-8H,4-5H2,1H3,(H2,10,11,13)(H2,14,15,16)/p-1/t7-,8+,23?/m0/s1. The molecular formula is C9H14N3O9P2S-. The summed E-state index contributed by atoms with van der Waals surface area (Å²) < 4.78 is 42.3. The van der Waals surface area contributed by atoms with E-state index in [1.807, 2.05) is 0 Å². The second kappa shape index (κ2) is 7.65. The molecule has 0 saturated carbocycles. The molecule has 24 heavy (non-hydrogen) atoms. The molecule has 2 heterocycles. The van der Waals surface area contributed by atoms with Gasteiger partial charge in [0.1, 0.15) is 17.5 Å². The zero-order valence-electron chi connectivity index (χ0n) is 12.2. The Balaban J connectivity index is 1.95. The van der Waals surface area contributed by atoms with Crippen LogP contribution in [0, 0.1) is 0 Å². The van der Waals surface area contributed by atoms with Gasteiger partial charge in [0.25, 0.3) is 7.82 Å². The molecule has 12 nitrogen and oxygen atoms in total. The van der Waals surface area contributed by atoms with Crippen LogP contribution in [0.15, 0.2) is 17.1 Å². The zero-order chi connectivity index (χ0) is 18.0. The number of nitrogen functional groups attached to an aromatic ring is 1. The lowest BCUT2D eigenvalue weighted by Crippen LogP contribution is -2.28. The van der Waals surface area contributed by atoms with Crippen LogP contribution < -0.4 is 16.3 Å². The van der Waals surface area contributed by atoms with Crippen molar-refractivity contribution >= 4 is 33.2 Å². The Kier molecular flexibility index (Phi) is 6.24. The van der Waals surface area contributed by atoms with Crippen molar-refractivity contribution < 1.29 is 37.0 Å². The first kappa shape index (κ1) is 19.6. The van der Waals surface area contributed by atoms with E-state index in [1.54, 1.807) is 0 Å². The van der Waals surface area contributed by atoms with Gasteiger partial charge >= 0.3 is 13.5 Å². The Bertz CT molecular complexity index is 737. The van der Waals surface area contributed by atoms with Crippen LogP contribution in [0.1, 0.15) is 6.23 Å². The van der Waals surface area contributed by atoms with E-state index in [2.05, 4.69) is 13.8 Å². The minimum absolute atomic E-state index is 0.0750. The van der Waals surface area contributed by atoms with Gasteiger partial charge in [-0.2, -0.15) is 4.98 Å². The molecule has 2 unspecified atom stereocenters. The first-order valence-electron chi connectivity index (χ1n) is 6.29. The van der Waals surface area contributed by atoms with Crippen LogP contribution >= 0.6 is 27.4 Å². The maximum absolute atomic E-state index is 11.9. The molecule has 15 heteroatoms. The fraction of sp³-hybridized carbons (Fsp3) is 0.556. The molecule has 2 rings (SSSR count). The van der Waals surface area contributed by atoms with Crippen molar-refractivity contribution in [2.24, 2.45) is 0 Å². The third-order valence-corrected chi connectivity index (χ3v) is 6.33. The number of rotatable bonds is 7. The number of nitrogens with zero attached hydrogens (tertiary/aromatic N) is 2. The number of ether oxygens (including phenoxy) is 1. The van der Waals surface area contributed by atoms with Crippen molar-refractivity contribution in [1.29, 1.82) is 0 Å². The Morgan fingerprint density at radius 2 is 2.33 bits per heavy atom. The molecule has 1 saturated heterocycles. The van der Waals surface area contributed by atoms with E-state index < -0.39 is 33.0 Å². The number of hydrogen-bond acceptors (Lipinski definition) is 11. The fourth-order valence-electron chi connectivity index (χ4n) is 1.71. The maximum atomic E-state index is 11.9. The molecule has 1 aromatic heterocycles. The summed E-state index contributed by atoms with van der Waals surface area (Å²) in [5, 5.41) is 0. The van der Waals surface area contributed by atoms with Gasteiger partial charge in [0.15, 0.2) is 0 Å². The zero-order valence-corrected chi connectivity index (χ0v) is 14.8. The van der Waals surface area contributed by atoms with Gasteiger partial charge in [0.2, 0.25) is 0 Å². The molecule has 0 amide bonds. The van der Waals surface area contributed by atoms with Crippen molar-refractivity contribution in [1.82, 2.24) is 9.55 Å². The summed E-state index contributed by atoms with van der Waals surface area (Å²) >= 11 is 1.22. The average molecular weight is 402 g/mol. The average Bonchev–Trinajstić information content (AvgIpc) is 2.92. The van der Waals surface area contributed by atoms with Crippen molar-refractivity contribution in [3.8, 4) is 0 Å². The molecule has 1 aliphatic heterocycles. The third kappa shape index (κ3) is 5.38. The monoisotopic (exact) mass is 402 g/mol. The Labute approximate surface area is 140 Å². The van der Waals surface area contributed by atoms with E-state index in [4.69, 9.17) is 19.9 Å². The maximum Gasteiger partial charge on any atom is 0.481 e. The molecule has 1 aliphatic rings. The minimum atomic E-state index is -5.31. The molecule has 0 spiro atoms. The topological polar surface area (TPSA) is 175 Å². The molecule has 0 bridgehead atoms. The van der Waals surface area contributed by atoms with Gasteiger partial charge in [-0.15, -0.1) is 11.8 Å². The van der Waals surface area contributed by atoms with Crippen LogP contribution in [0.5, 0.6) is 0 Å². The number of nitrogens with two attached hydrogens (primary N) is 1. The fourth-order valence-corrected chi connectivity index (χ4v) is 4.69. The van der Waals surface area contributed by atoms with Gasteiger partial charge in [-0.05, 0) is 6.07 Å². The summed E-state index contributed by atoms with van der Waals surface area (Å²) in [7, 11) is -8.92. The molecule has 1 fully saturated rings. The molecule has 0 aromatic carbocycles. The molecule has 0 aliphatic carbocycles. The van der Waals surface area contributed by atoms with Gasteiger partial charge in [0.05, 0.1) is 6.61 Å². The second-order valence-electron chi connectivity index (χ2n) is 4.37. The van der Waals surface area contributed by atoms with E-state index >= 15 is 0 Å². The lowest BCUT2D eigenvalue weighted by molar-refractivity contribution is -0.212. The SMILES string of the molecule is COP(=O)(OC[C@@H]1O[C@H](n2ccc(N)nc2=O)CS1)OP(=O)([O-])O. The summed E-state index contributed by atoms with van der Waals surface area (Å²) in [5.41, 5.74) is 4.12. The highest BCUT2D eigenvalue weighted by Crippen LogP contribution is 2.59. The first-order chi connectivity index (χ1) is 11.1. The summed E-state index contributed by atoms with van der Waals surface area (Å²) in [6, 6.07) is 1.43. The van der Waals surface area contributed by atoms with Crippen molar-refractivity contribution in [3.05, 3.63) is 22.7 Å². The van der Waals surface area contributed by atoms with Gasteiger partial charge < -0.3 is 20.3 Å². The molecule has 0 radical (unpaired) electrons. The molecular weight excluding hydrogens is 388 g/mol. The van der Waals surface area contributed by atoms with E-state index in [0.29, 0.717) is 5.75 Å². The largest absolute Gasteiger partial charge is 0.756 e. The highest BCUT2D eigenvalue weighted by molar-refractivity contribution is 8.00. The second-order valence-corrected chi connectivity index (χ2v) is 8.67. The Hall–Kier alpha value is -0.750. The van der Waals surface area contributed by atoms with Crippen LogP contribution in [0.25, 0.3) is 0 Å². The van der Waals surface area contributed by atoms with E-state index in [0.717, 1.165) is 7.11 Å². The van der Waals surface area contributed by atoms with Crippen LogP contribution in [-0.4, -0.2) is 39.4 Å².